The monoisotopic (exact) mass is 294 g/mol. The molecule has 5 nitrogen and oxygen atoms in total. The van der Waals surface area contributed by atoms with Crippen LogP contribution in [-0.2, 0) is 11.3 Å². The van der Waals surface area contributed by atoms with E-state index in [0.29, 0.717) is 29.9 Å². The standard InChI is InChI=1S/C14H16F2N4O/c1-9-18-12-6-10(15)11(16)7-13(12)20(9)8-14(21)19-4-2-17-3-5-19/h6-7,17H,2-5,8H2,1H3. The van der Waals surface area contributed by atoms with Crippen LogP contribution in [0, 0.1) is 18.6 Å². The van der Waals surface area contributed by atoms with Crippen LogP contribution in [0.3, 0.4) is 0 Å². The number of carbonyl (C=O) groups is 1. The zero-order chi connectivity index (χ0) is 15.0. The highest BCUT2D eigenvalue weighted by molar-refractivity contribution is 5.81. The highest BCUT2D eigenvalue weighted by Gasteiger charge is 2.19. The Morgan fingerprint density at radius 1 is 1.29 bits per heavy atom. The maximum Gasteiger partial charge on any atom is 0.242 e. The molecule has 0 saturated carbocycles. The molecule has 1 fully saturated rings. The van der Waals surface area contributed by atoms with Crippen molar-refractivity contribution in [2.45, 2.75) is 13.5 Å². The number of nitrogens with zero attached hydrogens (tertiary/aromatic N) is 3. The van der Waals surface area contributed by atoms with Crippen LogP contribution in [0.5, 0.6) is 0 Å². The minimum absolute atomic E-state index is 0.0383. The number of amides is 1. The topological polar surface area (TPSA) is 50.2 Å². The summed E-state index contributed by atoms with van der Waals surface area (Å²) in [5.74, 6) is -1.33. The quantitative estimate of drug-likeness (QED) is 0.901. The number of halogens is 2. The Bertz CT molecular complexity index is 692. The summed E-state index contributed by atoms with van der Waals surface area (Å²) in [7, 11) is 0. The summed E-state index contributed by atoms with van der Waals surface area (Å²) in [5.41, 5.74) is 0.800. The Kier molecular flexibility index (Phi) is 3.59. The molecule has 0 bridgehead atoms. The van der Waals surface area contributed by atoms with Crippen molar-refractivity contribution < 1.29 is 13.6 Å². The van der Waals surface area contributed by atoms with Crippen LogP contribution in [0.2, 0.25) is 0 Å². The van der Waals surface area contributed by atoms with E-state index in [1.807, 2.05) is 0 Å². The number of piperazine rings is 1. The van der Waals surface area contributed by atoms with Gasteiger partial charge in [-0.05, 0) is 6.92 Å². The first-order valence-electron chi connectivity index (χ1n) is 6.86. The van der Waals surface area contributed by atoms with Gasteiger partial charge >= 0.3 is 0 Å². The van der Waals surface area contributed by atoms with Crippen molar-refractivity contribution in [2.24, 2.45) is 0 Å². The number of benzene rings is 1. The van der Waals surface area contributed by atoms with Crippen LogP contribution >= 0.6 is 0 Å². The average Bonchev–Trinajstić information content (AvgIpc) is 2.76. The first kappa shape index (κ1) is 13.9. The van der Waals surface area contributed by atoms with E-state index in [1.165, 1.54) is 0 Å². The van der Waals surface area contributed by atoms with E-state index in [9.17, 15) is 13.6 Å². The summed E-state index contributed by atoms with van der Waals surface area (Å²) < 4.78 is 28.3. The zero-order valence-corrected chi connectivity index (χ0v) is 11.7. The molecule has 7 heteroatoms. The largest absolute Gasteiger partial charge is 0.339 e. The van der Waals surface area contributed by atoms with Crippen molar-refractivity contribution in [3.05, 3.63) is 29.6 Å². The van der Waals surface area contributed by atoms with Crippen molar-refractivity contribution in [2.75, 3.05) is 26.2 Å². The molecule has 0 atom stereocenters. The van der Waals surface area contributed by atoms with Gasteiger partial charge in [0, 0.05) is 38.3 Å². The second-order valence-corrected chi connectivity index (χ2v) is 5.13. The summed E-state index contributed by atoms with van der Waals surface area (Å²) in [6.45, 7) is 4.68. The lowest BCUT2D eigenvalue weighted by Crippen LogP contribution is -2.47. The van der Waals surface area contributed by atoms with Gasteiger partial charge in [-0.2, -0.15) is 0 Å². The van der Waals surface area contributed by atoms with Crippen molar-refractivity contribution in [1.82, 2.24) is 19.8 Å². The van der Waals surface area contributed by atoms with E-state index in [4.69, 9.17) is 0 Å². The highest BCUT2D eigenvalue weighted by Crippen LogP contribution is 2.20. The van der Waals surface area contributed by atoms with Crippen molar-refractivity contribution in [3.63, 3.8) is 0 Å². The van der Waals surface area contributed by atoms with E-state index >= 15 is 0 Å². The van der Waals surface area contributed by atoms with Crippen LogP contribution in [0.1, 0.15) is 5.82 Å². The van der Waals surface area contributed by atoms with Crippen LogP contribution in [0.25, 0.3) is 11.0 Å². The fraction of sp³-hybridized carbons (Fsp3) is 0.429. The predicted octanol–water partition coefficient (Wildman–Crippen LogP) is 1.05. The van der Waals surface area contributed by atoms with Crippen LogP contribution < -0.4 is 5.32 Å². The summed E-state index contributed by atoms with van der Waals surface area (Å²) in [5, 5.41) is 3.18. The molecule has 0 aliphatic carbocycles. The van der Waals surface area contributed by atoms with Gasteiger partial charge in [0.2, 0.25) is 5.91 Å². The number of aryl methyl sites for hydroxylation is 1. The molecule has 1 aromatic carbocycles. The number of fused-ring (bicyclic) bond motifs is 1. The van der Waals surface area contributed by atoms with E-state index in [-0.39, 0.29) is 12.5 Å². The summed E-state index contributed by atoms with van der Waals surface area (Å²) in [6, 6.07) is 2.15. The summed E-state index contributed by atoms with van der Waals surface area (Å²) >= 11 is 0. The number of hydrogen-bond acceptors (Lipinski definition) is 3. The molecule has 2 aromatic rings. The Morgan fingerprint density at radius 2 is 1.95 bits per heavy atom. The van der Waals surface area contributed by atoms with Crippen molar-refractivity contribution >= 4 is 16.9 Å². The number of hydrogen-bond donors (Lipinski definition) is 1. The fourth-order valence-electron chi connectivity index (χ4n) is 2.59. The zero-order valence-electron chi connectivity index (χ0n) is 11.7. The lowest BCUT2D eigenvalue weighted by atomic mass is 10.3. The maximum atomic E-state index is 13.4. The van der Waals surface area contributed by atoms with E-state index in [1.54, 1.807) is 16.4 Å². The Balaban J connectivity index is 1.91. The van der Waals surface area contributed by atoms with Gasteiger partial charge in [0.15, 0.2) is 11.6 Å². The SMILES string of the molecule is Cc1nc2cc(F)c(F)cc2n1CC(=O)N1CCNCC1. The lowest BCUT2D eigenvalue weighted by Gasteiger charge is -2.27. The van der Waals surface area contributed by atoms with Gasteiger partial charge in [0.25, 0.3) is 0 Å². The Labute approximate surface area is 120 Å². The molecular formula is C14H16F2N4O. The molecule has 1 aromatic heterocycles. The van der Waals surface area contributed by atoms with Gasteiger partial charge in [-0.3, -0.25) is 4.79 Å². The van der Waals surface area contributed by atoms with E-state index in [2.05, 4.69) is 10.3 Å². The third-order valence-corrected chi connectivity index (χ3v) is 3.74. The molecule has 2 heterocycles. The molecule has 1 aliphatic heterocycles. The van der Waals surface area contributed by atoms with Gasteiger partial charge in [-0.15, -0.1) is 0 Å². The smallest absolute Gasteiger partial charge is 0.242 e. The number of imidazole rings is 1. The number of nitrogens with one attached hydrogen (secondary N) is 1. The summed E-state index contributed by atoms with van der Waals surface area (Å²) in [6.07, 6.45) is 0. The molecule has 0 radical (unpaired) electrons. The predicted molar refractivity (Wildman–Crippen MR) is 73.8 cm³/mol. The maximum absolute atomic E-state index is 13.4. The molecule has 1 saturated heterocycles. The van der Waals surface area contributed by atoms with E-state index < -0.39 is 11.6 Å². The minimum atomic E-state index is -0.932. The van der Waals surface area contributed by atoms with E-state index in [0.717, 1.165) is 25.2 Å². The summed E-state index contributed by atoms with van der Waals surface area (Å²) in [4.78, 5) is 18.2. The third-order valence-electron chi connectivity index (χ3n) is 3.74. The molecule has 1 N–H and O–H groups in total. The molecular weight excluding hydrogens is 278 g/mol. The second kappa shape index (κ2) is 5.40. The molecule has 1 aliphatic rings. The molecule has 3 rings (SSSR count). The van der Waals surface area contributed by atoms with Gasteiger partial charge in [-0.1, -0.05) is 0 Å². The van der Waals surface area contributed by atoms with Gasteiger partial charge in [-0.25, -0.2) is 13.8 Å². The molecule has 1 amide bonds. The van der Waals surface area contributed by atoms with Gasteiger partial charge < -0.3 is 14.8 Å². The first-order valence-corrected chi connectivity index (χ1v) is 6.86. The highest BCUT2D eigenvalue weighted by atomic mass is 19.2. The molecule has 0 spiro atoms. The molecule has 0 unspecified atom stereocenters. The third kappa shape index (κ3) is 2.61. The Morgan fingerprint density at radius 3 is 2.67 bits per heavy atom. The van der Waals surface area contributed by atoms with Crippen LogP contribution in [0.4, 0.5) is 8.78 Å². The van der Waals surface area contributed by atoms with Gasteiger partial charge in [0.05, 0.1) is 11.0 Å². The molecule has 21 heavy (non-hydrogen) atoms. The number of aromatic nitrogens is 2. The molecule has 112 valence electrons. The van der Waals surface area contributed by atoms with Crippen molar-refractivity contribution in [3.8, 4) is 0 Å². The van der Waals surface area contributed by atoms with Crippen molar-refractivity contribution in [1.29, 1.82) is 0 Å². The second-order valence-electron chi connectivity index (χ2n) is 5.13. The van der Waals surface area contributed by atoms with Crippen LogP contribution in [-0.4, -0.2) is 46.5 Å². The average molecular weight is 294 g/mol. The normalized spacial score (nSPS) is 15.7. The Hall–Kier alpha value is -2.02. The minimum Gasteiger partial charge on any atom is -0.339 e. The number of rotatable bonds is 2. The first-order chi connectivity index (χ1) is 10.1. The fourth-order valence-corrected chi connectivity index (χ4v) is 2.59. The lowest BCUT2D eigenvalue weighted by molar-refractivity contribution is -0.132. The van der Waals surface area contributed by atoms with Crippen LogP contribution in [0.15, 0.2) is 12.1 Å². The van der Waals surface area contributed by atoms with Gasteiger partial charge in [0.1, 0.15) is 12.4 Å². The number of carbonyl (C=O) groups excluding carboxylic acids is 1.